The summed E-state index contributed by atoms with van der Waals surface area (Å²) in [5, 5.41) is 11.2. The number of carbonyl (C=O) groups excluding carboxylic acids is 2. The Bertz CT molecular complexity index is 1370. The minimum Gasteiger partial charge on any atom is -0.497 e. The summed E-state index contributed by atoms with van der Waals surface area (Å²) >= 11 is 0. The van der Waals surface area contributed by atoms with Crippen molar-refractivity contribution >= 4 is 28.5 Å². The lowest BCUT2D eigenvalue weighted by Gasteiger charge is -2.31. The van der Waals surface area contributed by atoms with Gasteiger partial charge in [0.1, 0.15) is 29.7 Å². The minimum absolute atomic E-state index is 0.192. The van der Waals surface area contributed by atoms with Crippen LogP contribution in [0, 0.1) is 11.7 Å². The fourth-order valence-corrected chi connectivity index (χ4v) is 4.09. The first kappa shape index (κ1) is 25.8. The number of hydrogen-bond donors (Lipinski definition) is 1. The van der Waals surface area contributed by atoms with E-state index in [0.717, 1.165) is 6.42 Å². The van der Waals surface area contributed by atoms with Gasteiger partial charge in [-0.2, -0.15) is 0 Å². The predicted molar refractivity (Wildman–Crippen MR) is 140 cm³/mol. The topological polar surface area (TPSA) is 89.4 Å². The number of nitrogens with one attached hydrogen (secondary N) is 1. The molecule has 0 aliphatic carbocycles. The Balaban J connectivity index is 1.76. The summed E-state index contributed by atoms with van der Waals surface area (Å²) in [6.07, 6.45) is 0.778. The predicted octanol–water partition coefficient (Wildman–Crippen LogP) is 4.52. The third-order valence-corrected chi connectivity index (χ3v) is 6.02. The minimum atomic E-state index is -1.05. The van der Waals surface area contributed by atoms with Crippen LogP contribution in [0.25, 0.3) is 11.0 Å². The summed E-state index contributed by atoms with van der Waals surface area (Å²) in [4.78, 5) is 28.9. The first-order valence-electron chi connectivity index (χ1n) is 12.1. The van der Waals surface area contributed by atoms with Gasteiger partial charge in [-0.1, -0.05) is 49.4 Å². The highest BCUT2D eigenvalue weighted by atomic mass is 19.1. The van der Waals surface area contributed by atoms with Crippen LogP contribution in [0.4, 0.5) is 10.1 Å². The Kier molecular flexibility index (Phi) is 8.12. The number of fused-ring (bicyclic) bond motifs is 1. The fraction of sp³-hybridized carbons (Fsp3) is 0.286. The lowest BCUT2D eigenvalue weighted by atomic mass is 10.0. The van der Waals surface area contributed by atoms with Crippen LogP contribution in [0.15, 0.2) is 72.8 Å². The number of nitrogens with zero attached hydrogens (tertiary/aromatic N) is 4. The normalized spacial score (nSPS) is 11.9. The molecule has 0 radical (unpaired) electrons. The van der Waals surface area contributed by atoms with Crippen molar-refractivity contribution in [2.45, 2.75) is 32.9 Å². The molecule has 0 fully saturated rings. The molecule has 3 aromatic carbocycles. The Morgan fingerprint density at radius 1 is 1.05 bits per heavy atom. The average Bonchev–Trinajstić information content (AvgIpc) is 3.29. The number of para-hydroxylation sites is 1. The third kappa shape index (κ3) is 6.11. The Morgan fingerprint density at radius 2 is 1.81 bits per heavy atom. The van der Waals surface area contributed by atoms with E-state index in [2.05, 4.69) is 29.5 Å². The van der Waals surface area contributed by atoms with E-state index in [4.69, 9.17) is 4.74 Å². The summed E-state index contributed by atoms with van der Waals surface area (Å²) in [5.74, 6) is -0.329. The van der Waals surface area contributed by atoms with E-state index in [0.29, 0.717) is 34.8 Å². The molecular formula is C28H30FN5O3. The molecule has 0 bridgehead atoms. The van der Waals surface area contributed by atoms with Gasteiger partial charge in [0.05, 0.1) is 12.6 Å². The number of halogens is 1. The zero-order chi connectivity index (χ0) is 26.4. The molecule has 0 aliphatic heterocycles. The summed E-state index contributed by atoms with van der Waals surface area (Å²) in [7, 11) is 1.55. The summed E-state index contributed by atoms with van der Waals surface area (Å²) in [5.41, 5.74) is 2.14. The van der Waals surface area contributed by atoms with E-state index in [-0.39, 0.29) is 18.1 Å². The van der Waals surface area contributed by atoms with E-state index < -0.39 is 17.8 Å². The molecule has 0 spiro atoms. The van der Waals surface area contributed by atoms with Crippen LogP contribution in [0.3, 0.4) is 0 Å². The number of carbonyl (C=O) groups is 2. The van der Waals surface area contributed by atoms with Gasteiger partial charge in [0.2, 0.25) is 11.8 Å². The van der Waals surface area contributed by atoms with E-state index >= 15 is 0 Å². The maximum Gasteiger partial charge on any atom is 0.249 e. The standard InChI is InChI=1S/C28H30FN5O3/c1-19(2)15-16-30-28(36)27(20-11-13-23(37-3)14-12-20)34(22-8-6-7-21(29)17-22)26(35)18-33-25-10-5-4-9-24(25)31-32-33/h4-14,17,19,27H,15-16,18H2,1-3H3,(H,30,36). The quantitative estimate of drug-likeness (QED) is 0.344. The van der Waals surface area contributed by atoms with Gasteiger partial charge in [-0.05, 0) is 60.4 Å². The molecule has 37 heavy (non-hydrogen) atoms. The van der Waals surface area contributed by atoms with Gasteiger partial charge >= 0.3 is 0 Å². The Morgan fingerprint density at radius 3 is 2.51 bits per heavy atom. The second kappa shape index (κ2) is 11.6. The van der Waals surface area contributed by atoms with Gasteiger partial charge in [0, 0.05) is 12.2 Å². The molecule has 1 heterocycles. The molecule has 1 aromatic heterocycles. The highest BCUT2D eigenvalue weighted by molar-refractivity contribution is 6.01. The molecular weight excluding hydrogens is 473 g/mol. The molecule has 8 nitrogen and oxygen atoms in total. The maximum atomic E-state index is 14.4. The van der Waals surface area contributed by atoms with Crippen LogP contribution >= 0.6 is 0 Å². The van der Waals surface area contributed by atoms with Gasteiger partial charge in [-0.3, -0.25) is 14.5 Å². The van der Waals surface area contributed by atoms with Gasteiger partial charge in [-0.25, -0.2) is 9.07 Å². The van der Waals surface area contributed by atoms with Gasteiger partial charge in [-0.15, -0.1) is 5.10 Å². The van der Waals surface area contributed by atoms with E-state index in [1.54, 1.807) is 43.5 Å². The second-order valence-corrected chi connectivity index (χ2v) is 9.13. The number of hydrogen-bond acceptors (Lipinski definition) is 5. The van der Waals surface area contributed by atoms with Crippen LogP contribution in [0.1, 0.15) is 31.9 Å². The Labute approximate surface area is 215 Å². The number of anilines is 1. The van der Waals surface area contributed by atoms with Gasteiger partial charge in [0.15, 0.2) is 0 Å². The van der Waals surface area contributed by atoms with Crippen molar-refractivity contribution in [3.05, 3.63) is 84.2 Å². The smallest absolute Gasteiger partial charge is 0.249 e. The van der Waals surface area contributed by atoms with Crippen LogP contribution < -0.4 is 15.0 Å². The maximum absolute atomic E-state index is 14.4. The molecule has 0 aliphatic rings. The van der Waals surface area contributed by atoms with Crippen molar-refractivity contribution in [3.63, 3.8) is 0 Å². The molecule has 1 atom stereocenters. The SMILES string of the molecule is COc1ccc(C(C(=O)NCCC(C)C)N(C(=O)Cn2nnc3ccccc32)c2cccc(F)c2)cc1. The third-order valence-electron chi connectivity index (χ3n) is 6.02. The van der Waals surface area contributed by atoms with E-state index in [9.17, 15) is 14.0 Å². The summed E-state index contributed by atoms with van der Waals surface area (Å²) < 4.78 is 21.1. The largest absolute Gasteiger partial charge is 0.497 e. The van der Waals surface area contributed by atoms with E-state index in [1.165, 1.54) is 27.8 Å². The number of amides is 2. The zero-order valence-electron chi connectivity index (χ0n) is 21.1. The van der Waals surface area contributed by atoms with Crippen molar-refractivity contribution < 1.29 is 18.7 Å². The van der Waals surface area contributed by atoms with Crippen LogP contribution in [0.2, 0.25) is 0 Å². The Hall–Kier alpha value is -4.27. The van der Waals surface area contributed by atoms with Gasteiger partial charge in [0.25, 0.3) is 0 Å². The number of rotatable bonds is 10. The zero-order valence-corrected chi connectivity index (χ0v) is 21.1. The van der Waals surface area contributed by atoms with Crippen LogP contribution in [-0.2, 0) is 16.1 Å². The van der Waals surface area contributed by atoms with Crippen molar-refractivity contribution in [1.82, 2.24) is 20.3 Å². The van der Waals surface area contributed by atoms with E-state index in [1.807, 2.05) is 18.2 Å². The van der Waals surface area contributed by atoms with Crippen molar-refractivity contribution in [2.24, 2.45) is 5.92 Å². The second-order valence-electron chi connectivity index (χ2n) is 9.13. The average molecular weight is 504 g/mol. The molecule has 4 rings (SSSR count). The molecule has 0 saturated carbocycles. The molecule has 4 aromatic rings. The molecule has 192 valence electrons. The van der Waals surface area contributed by atoms with Crippen molar-refractivity contribution in [3.8, 4) is 5.75 Å². The fourth-order valence-electron chi connectivity index (χ4n) is 4.09. The number of benzene rings is 3. The summed E-state index contributed by atoms with van der Waals surface area (Å²) in [6, 6.07) is 18.8. The molecule has 1 N–H and O–H groups in total. The van der Waals surface area contributed by atoms with Gasteiger partial charge < -0.3 is 10.1 Å². The molecule has 9 heteroatoms. The molecule has 2 amide bonds. The van der Waals surface area contributed by atoms with Crippen molar-refractivity contribution in [2.75, 3.05) is 18.6 Å². The molecule has 1 unspecified atom stereocenters. The number of methoxy groups -OCH3 is 1. The van der Waals surface area contributed by atoms with Crippen molar-refractivity contribution in [1.29, 1.82) is 0 Å². The van der Waals surface area contributed by atoms with Crippen LogP contribution in [0.5, 0.6) is 5.75 Å². The lowest BCUT2D eigenvalue weighted by Crippen LogP contribution is -2.45. The first-order chi connectivity index (χ1) is 17.9. The number of aromatic nitrogens is 3. The first-order valence-corrected chi connectivity index (χ1v) is 12.1. The highest BCUT2D eigenvalue weighted by Crippen LogP contribution is 2.30. The highest BCUT2D eigenvalue weighted by Gasteiger charge is 2.33. The monoisotopic (exact) mass is 503 g/mol. The lowest BCUT2D eigenvalue weighted by molar-refractivity contribution is -0.127. The molecule has 0 saturated heterocycles. The summed E-state index contributed by atoms with van der Waals surface area (Å²) in [6.45, 7) is 4.39. The van der Waals surface area contributed by atoms with Crippen LogP contribution in [-0.4, -0.2) is 40.5 Å². The number of ether oxygens (including phenoxy) is 1.